The molecule has 0 N–H and O–H groups in total. The minimum absolute atomic E-state index is 0.0294. The first-order chi connectivity index (χ1) is 29.6. The summed E-state index contributed by atoms with van der Waals surface area (Å²) in [6, 6.07) is 0. The van der Waals surface area contributed by atoms with Crippen LogP contribution in [-0.4, -0.2) is 70.7 Å². The van der Waals surface area contributed by atoms with Crippen LogP contribution in [-0.2, 0) is 27.9 Å². The van der Waals surface area contributed by atoms with Gasteiger partial charge in [0.25, 0.3) is 7.82 Å². The van der Waals surface area contributed by atoms with Crippen molar-refractivity contribution in [1.82, 2.24) is 0 Å². The van der Waals surface area contributed by atoms with Gasteiger partial charge in [0, 0.05) is 13.0 Å². The van der Waals surface area contributed by atoms with E-state index in [4.69, 9.17) is 18.5 Å². The van der Waals surface area contributed by atoms with E-state index in [1.54, 1.807) is 0 Å². The molecule has 0 saturated carbocycles. The number of ether oxygens (including phenoxy) is 2. The van der Waals surface area contributed by atoms with Crippen LogP contribution in [0.25, 0.3) is 0 Å². The van der Waals surface area contributed by atoms with Crippen molar-refractivity contribution in [2.75, 3.05) is 54.1 Å². The SMILES string of the molecule is CCCCCCCC/C=C\CCCCCCCCCCCC(=O)OC(COCCCCCCCCCCCCCCCCCCCCCC)COP(=O)([O-])OCC[N+](C)(C)C. The van der Waals surface area contributed by atoms with E-state index < -0.39 is 13.9 Å². The van der Waals surface area contributed by atoms with Gasteiger partial charge < -0.3 is 27.9 Å². The van der Waals surface area contributed by atoms with Crippen molar-refractivity contribution in [2.45, 2.75) is 264 Å². The molecule has 0 radical (unpaired) electrons. The van der Waals surface area contributed by atoms with E-state index in [0.717, 1.165) is 32.1 Å². The molecule has 9 heteroatoms. The number of rotatable bonds is 50. The van der Waals surface area contributed by atoms with Crippen molar-refractivity contribution in [3.05, 3.63) is 12.2 Å². The Balaban J connectivity index is 4.09. The normalized spacial score (nSPS) is 13.6. The van der Waals surface area contributed by atoms with Gasteiger partial charge >= 0.3 is 5.97 Å². The van der Waals surface area contributed by atoms with Crippen LogP contribution in [0.1, 0.15) is 258 Å². The molecule has 0 aliphatic rings. The summed E-state index contributed by atoms with van der Waals surface area (Å²) in [5.41, 5.74) is 0. The van der Waals surface area contributed by atoms with Gasteiger partial charge in [-0.25, -0.2) is 0 Å². The molecule has 364 valence electrons. The Morgan fingerprint density at radius 1 is 0.492 bits per heavy atom. The van der Waals surface area contributed by atoms with Crippen molar-refractivity contribution in [3.63, 3.8) is 0 Å². The molecule has 0 rings (SSSR count). The average Bonchev–Trinajstić information content (AvgIpc) is 3.22. The molecule has 0 aromatic heterocycles. The van der Waals surface area contributed by atoms with Gasteiger partial charge in [-0.15, -0.1) is 0 Å². The summed E-state index contributed by atoms with van der Waals surface area (Å²) in [4.78, 5) is 25.2. The number of carbonyl (C=O) groups excluding carboxylic acids is 1. The highest BCUT2D eigenvalue weighted by molar-refractivity contribution is 7.45. The fraction of sp³-hybridized carbons (Fsp3) is 0.942. The summed E-state index contributed by atoms with van der Waals surface area (Å²) >= 11 is 0. The Morgan fingerprint density at radius 2 is 0.852 bits per heavy atom. The molecule has 0 amide bonds. The van der Waals surface area contributed by atoms with Crippen LogP contribution in [0.5, 0.6) is 0 Å². The van der Waals surface area contributed by atoms with E-state index in [1.807, 2.05) is 21.1 Å². The van der Waals surface area contributed by atoms with Crippen LogP contribution in [0, 0.1) is 0 Å². The molecule has 0 saturated heterocycles. The van der Waals surface area contributed by atoms with Gasteiger partial charge in [0.05, 0.1) is 34.4 Å². The van der Waals surface area contributed by atoms with Crippen molar-refractivity contribution in [2.24, 2.45) is 0 Å². The third-order valence-corrected chi connectivity index (χ3v) is 12.8. The second-order valence-electron chi connectivity index (χ2n) is 19.2. The summed E-state index contributed by atoms with van der Waals surface area (Å²) in [5, 5.41) is 0. The summed E-state index contributed by atoms with van der Waals surface area (Å²) in [6.45, 7) is 5.47. The largest absolute Gasteiger partial charge is 0.756 e. The molecule has 2 unspecified atom stereocenters. The Hall–Kier alpha value is -0.760. The average molecular weight is 886 g/mol. The monoisotopic (exact) mass is 886 g/mol. The Labute approximate surface area is 380 Å². The van der Waals surface area contributed by atoms with Crippen LogP contribution in [0.3, 0.4) is 0 Å². The second kappa shape index (κ2) is 45.8. The fourth-order valence-corrected chi connectivity index (χ4v) is 8.45. The van der Waals surface area contributed by atoms with Gasteiger partial charge in [0.15, 0.2) is 0 Å². The maximum absolute atomic E-state index is 12.7. The lowest BCUT2D eigenvalue weighted by molar-refractivity contribution is -0.870. The van der Waals surface area contributed by atoms with Crippen LogP contribution in [0.2, 0.25) is 0 Å². The molecule has 2 atom stereocenters. The molecular formula is C52H104NO7P. The summed E-state index contributed by atoms with van der Waals surface area (Å²) in [6.07, 6.45) is 52.3. The molecule has 61 heavy (non-hydrogen) atoms. The van der Waals surface area contributed by atoms with Gasteiger partial charge in [-0.2, -0.15) is 0 Å². The summed E-state index contributed by atoms with van der Waals surface area (Å²) < 4.78 is 34.8. The Bertz CT molecular complexity index is 987. The van der Waals surface area contributed by atoms with Gasteiger partial charge in [0.2, 0.25) is 0 Å². The summed E-state index contributed by atoms with van der Waals surface area (Å²) in [7, 11) is 1.37. The highest BCUT2D eigenvalue weighted by atomic mass is 31.2. The maximum atomic E-state index is 12.7. The smallest absolute Gasteiger partial charge is 0.306 e. The van der Waals surface area contributed by atoms with Gasteiger partial charge in [-0.1, -0.05) is 225 Å². The Kier molecular flexibility index (Phi) is 45.2. The first-order valence-electron chi connectivity index (χ1n) is 26.4. The first-order valence-corrected chi connectivity index (χ1v) is 27.9. The molecular weight excluding hydrogens is 782 g/mol. The predicted octanol–water partition coefficient (Wildman–Crippen LogP) is 15.5. The van der Waals surface area contributed by atoms with E-state index in [-0.39, 0.29) is 25.8 Å². The van der Waals surface area contributed by atoms with Crippen LogP contribution in [0.15, 0.2) is 12.2 Å². The zero-order valence-corrected chi connectivity index (χ0v) is 42.3. The number of carbonyl (C=O) groups is 1. The second-order valence-corrected chi connectivity index (χ2v) is 20.7. The zero-order chi connectivity index (χ0) is 44.8. The van der Waals surface area contributed by atoms with Gasteiger partial charge in [-0.05, 0) is 38.5 Å². The molecule has 0 bridgehead atoms. The number of hydrogen-bond acceptors (Lipinski definition) is 7. The molecule has 0 aliphatic heterocycles. The third-order valence-electron chi connectivity index (χ3n) is 11.8. The molecule has 0 aromatic carbocycles. The van der Waals surface area contributed by atoms with Crippen LogP contribution >= 0.6 is 7.82 Å². The molecule has 8 nitrogen and oxygen atoms in total. The number of phosphoric ester groups is 1. The van der Waals surface area contributed by atoms with E-state index in [1.165, 1.54) is 205 Å². The fourth-order valence-electron chi connectivity index (χ4n) is 7.72. The highest BCUT2D eigenvalue weighted by Crippen LogP contribution is 2.38. The predicted molar refractivity (Wildman–Crippen MR) is 259 cm³/mol. The molecule has 0 aromatic rings. The van der Waals surface area contributed by atoms with Gasteiger partial charge in [0.1, 0.15) is 19.3 Å². The number of quaternary nitrogens is 1. The minimum Gasteiger partial charge on any atom is -0.756 e. The van der Waals surface area contributed by atoms with Crippen molar-refractivity contribution >= 4 is 13.8 Å². The van der Waals surface area contributed by atoms with Crippen molar-refractivity contribution in [3.8, 4) is 0 Å². The van der Waals surface area contributed by atoms with E-state index in [2.05, 4.69) is 26.0 Å². The zero-order valence-electron chi connectivity index (χ0n) is 41.4. The maximum Gasteiger partial charge on any atom is 0.306 e. The standard InChI is InChI=1S/C52H104NO7P/c1-6-8-10-12-14-16-18-20-22-24-26-28-30-32-34-36-38-40-42-44-47-57-49-51(50-59-61(55,56)58-48-46-53(3,4)5)60-52(54)45-43-41-39-37-35-33-31-29-27-25-23-21-19-17-15-13-11-9-7-2/h21,23,51H,6-20,22,24-50H2,1-5H3/b23-21-. The molecule has 0 aliphatic carbocycles. The number of phosphoric acid groups is 1. The summed E-state index contributed by atoms with van der Waals surface area (Å²) in [5.74, 6) is -0.330. The molecule has 0 fully saturated rings. The number of unbranched alkanes of at least 4 members (excludes halogenated alkanes) is 34. The van der Waals surface area contributed by atoms with Crippen LogP contribution in [0.4, 0.5) is 0 Å². The van der Waals surface area contributed by atoms with Crippen molar-refractivity contribution < 1.29 is 37.3 Å². The number of likely N-dealkylation sites (N-methyl/N-ethyl adjacent to an activating group) is 1. The van der Waals surface area contributed by atoms with E-state index >= 15 is 0 Å². The lowest BCUT2D eigenvalue weighted by Crippen LogP contribution is -2.37. The van der Waals surface area contributed by atoms with E-state index in [0.29, 0.717) is 24.1 Å². The first kappa shape index (κ1) is 60.2. The number of esters is 1. The Morgan fingerprint density at radius 3 is 1.25 bits per heavy atom. The number of hydrogen-bond donors (Lipinski definition) is 0. The topological polar surface area (TPSA) is 94.1 Å². The number of nitrogens with zero attached hydrogens (tertiary/aromatic N) is 1. The highest BCUT2D eigenvalue weighted by Gasteiger charge is 2.20. The lowest BCUT2D eigenvalue weighted by Gasteiger charge is -2.28. The quantitative estimate of drug-likeness (QED) is 0.0197. The van der Waals surface area contributed by atoms with Crippen molar-refractivity contribution in [1.29, 1.82) is 0 Å². The minimum atomic E-state index is -4.53. The number of allylic oxidation sites excluding steroid dienone is 2. The van der Waals surface area contributed by atoms with Gasteiger partial charge in [-0.3, -0.25) is 9.36 Å². The van der Waals surface area contributed by atoms with Crippen LogP contribution < -0.4 is 4.89 Å². The third kappa shape index (κ3) is 50.1. The lowest BCUT2D eigenvalue weighted by atomic mass is 10.0. The molecule has 0 spiro atoms. The van der Waals surface area contributed by atoms with E-state index in [9.17, 15) is 14.3 Å². The molecule has 0 heterocycles.